The molecule has 3 aliphatic rings. The number of hydrazone groups is 1. The molecule has 2 bridgehead atoms. The number of amides is 2. The number of fused-ring (bicyclic) bond motifs is 4. The van der Waals surface area contributed by atoms with E-state index in [4.69, 9.17) is 5.73 Å². The molecule has 0 aromatic carbocycles. The predicted octanol–water partition coefficient (Wildman–Crippen LogP) is 1.61. The van der Waals surface area contributed by atoms with Gasteiger partial charge in [0.25, 0.3) is 0 Å². The van der Waals surface area contributed by atoms with E-state index in [1.54, 1.807) is 0 Å². The first-order chi connectivity index (χ1) is 6.74. The van der Waals surface area contributed by atoms with Crippen molar-refractivity contribution < 1.29 is 4.79 Å². The second-order valence-corrected chi connectivity index (χ2v) is 4.45. The van der Waals surface area contributed by atoms with Gasteiger partial charge in [-0.3, -0.25) is 0 Å². The fourth-order valence-corrected chi connectivity index (χ4v) is 2.61. The third-order valence-electron chi connectivity index (χ3n) is 3.34. The topological polar surface area (TPSA) is 67.5 Å². The van der Waals surface area contributed by atoms with Gasteiger partial charge in [-0.2, -0.15) is 5.10 Å². The lowest BCUT2D eigenvalue weighted by molar-refractivity contribution is 0.249. The van der Waals surface area contributed by atoms with Crippen molar-refractivity contribution in [3.05, 3.63) is 0 Å². The second-order valence-electron chi connectivity index (χ2n) is 4.45. The van der Waals surface area contributed by atoms with Crippen LogP contribution in [0.1, 0.15) is 38.5 Å². The van der Waals surface area contributed by atoms with E-state index in [0.29, 0.717) is 0 Å². The summed E-state index contributed by atoms with van der Waals surface area (Å²) < 4.78 is 0. The lowest BCUT2D eigenvalue weighted by Gasteiger charge is -2.21. The number of carbonyl (C=O) groups is 1. The number of rotatable bonds is 1. The molecule has 0 aliphatic heterocycles. The SMILES string of the molecule is NC(=O)NN=C1CC2CCC(CC2)C1. The lowest BCUT2D eigenvalue weighted by Crippen LogP contribution is -2.26. The Morgan fingerprint density at radius 3 is 2.14 bits per heavy atom. The van der Waals surface area contributed by atoms with Crippen LogP contribution in [0.15, 0.2) is 5.10 Å². The zero-order valence-electron chi connectivity index (χ0n) is 8.33. The molecule has 0 unspecified atom stereocenters. The summed E-state index contributed by atoms with van der Waals surface area (Å²) in [5.74, 6) is 1.59. The summed E-state index contributed by atoms with van der Waals surface area (Å²) in [6.45, 7) is 0. The molecular weight excluding hydrogens is 178 g/mol. The molecule has 4 nitrogen and oxygen atoms in total. The summed E-state index contributed by atoms with van der Waals surface area (Å²) in [5, 5.41) is 4.08. The van der Waals surface area contributed by atoms with Gasteiger partial charge in [-0.05, 0) is 50.4 Å². The quantitative estimate of drug-likeness (QED) is 0.613. The number of nitrogens with one attached hydrogen (secondary N) is 1. The Bertz CT molecular complexity index is 238. The first-order valence-electron chi connectivity index (χ1n) is 5.35. The Morgan fingerprint density at radius 2 is 1.71 bits per heavy atom. The maximum Gasteiger partial charge on any atom is 0.332 e. The average Bonchev–Trinajstić information content (AvgIpc) is 2.46. The molecule has 0 aromatic heterocycles. The van der Waals surface area contributed by atoms with E-state index in [-0.39, 0.29) is 0 Å². The Hall–Kier alpha value is -1.06. The van der Waals surface area contributed by atoms with Crippen LogP contribution < -0.4 is 11.2 Å². The summed E-state index contributed by atoms with van der Waals surface area (Å²) in [4.78, 5) is 10.5. The van der Waals surface area contributed by atoms with E-state index in [1.165, 1.54) is 25.7 Å². The maximum atomic E-state index is 10.5. The smallest absolute Gasteiger partial charge is 0.332 e. The number of nitrogens with two attached hydrogens (primary N) is 1. The summed E-state index contributed by atoms with van der Waals surface area (Å²) in [6.07, 6.45) is 7.44. The number of hydrogen-bond acceptors (Lipinski definition) is 2. The summed E-state index contributed by atoms with van der Waals surface area (Å²) in [6, 6.07) is -0.561. The summed E-state index contributed by atoms with van der Waals surface area (Å²) in [5.41, 5.74) is 8.45. The van der Waals surface area contributed by atoms with Crippen molar-refractivity contribution in [2.75, 3.05) is 0 Å². The van der Waals surface area contributed by atoms with Crippen LogP contribution in [-0.2, 0) is 0 Å². The number of hydrogen-bond donors (Lipinski definition) is 2. The highest BCUT2D eigenvalue weighted by Gasteiger charge is 2.28. The van der Waals surface area contributed by atoms with Gasteiger partial charge >= 0.3 is 6.03 Å². The number of carbonyl (C=O) groups excluding carboxylic acids is 1. The van der Waals surface area contributed by atoms with Crippen molar-refractivity contribution in [1.29, 1.82) is 0 Å². The third-order valence-corrected chi connectivity index (χ3v) is 3.34. The molecule has 0 spiro atoms. The van der Waals surface area contributed by atoms with Gasteiger partial charge in [0.2, 0.25) is 0 Å². The minimum absolute atomic E-state index is 0.561. The van der Waals surface area contributed by atoms with Gasteiger partial charge in [-0.1, -0.05) is 0 Å². The molecule has 14 heavy (non-hydrogen) atoms. The van der Waals surface area contributed by atoms with Gasteiger partial charge in [0, 0.05) is 5.71 Å². The van der Waals surface area contributed by atoms with Gasteiger partial charge < -0.3 is 5.73 Å². The highest BCUT2D eigenvalue weighted by atomic mass is 16.2. The zero-order valence-corrected chi connectivity index (χ0v) is 8.33. The van der Waals surface area contributed by atoms with E-state index in [0.717, 1.165) is 30.4 Å². The average molecular weight is 195 g/mol. The second kappa shape index (κ2) is 3.98. The van der Waals surface area contributed by atoms with E-state index in [2.05, 4.69) is 10.5 Å². The van der Waals surface area contributed by atoms with Gasteiger partial charge in [-0.15, -0.1) is 0 Å². The molecule has 3 rings (SSSR count). The maximum absolute atomic E-state index is 10.5. The number of urea groups is 1. The Morgan fingerprint density at radius 1 is 1.21 bits per heavy atom. The van der Waals surface area contributed by atoms with Crippen LogP contribution in [0.2, 0.25) is 0 Å². The molecule has 3 saturated carbocycles. The molecule has 3 fully saturated rings. The molecule has 78 valence electrons. The Labute approximate surface area is 83.9 Å². The zero-order chi connectivity index (χ0) is 9.97. The van der Waals surface area contributed by atoms with Gasteiger partial charge in [0.05, 0.1) is 0 Å². The van der Waals surface area contributed by atoms with Crippen LogP contribution in [-0.4, -0.2) is 11.7 Å². The van der Waals surface area contributed by atoms with Crippen molar-refractivity contribution >= 4 is 11.7 Å². The molecule has 0 atom stereocenters. The monoisotopic (exact) mass is 195 g/mol. The number of nitrogens with zero attached hydrogens (tertiary/aromatic N) is 1. The van der Waals surface area contributed by atoms with Crippen molar-refractivity contribution in [2.24, 2.45) is 22.7 Å². The van der Waals surface area contributed by atoms with E-state index >= 15 is 0 Å². The van der Waals surface area contributed by atoms with Crippen LogP contribution in [0.25, 0.3) is 0 Å². The predicted molar refractivity (Wildman–Crippen MR) is 54.8 cm³/mol. The first-order valence-corrected chi connectivity index (χ1v) is 5.35. The Kier molecular flexibility index (Phi) is 2.70. The standard InChI is InChI=1S/C10H17N3O/c11-10(14)13-12-9-5-7-1-2-8(6-9)4-3-7/h7-8H,1-6H2,(H3,11,13,14). The Balaban J connectivity index is 1.99. The summed E-state index contributed by atoms with van der Waals surface area (Å²) >= 11 is 0. The summed E-state index contributed by atoms with van der Waals surface area (Å²) in [7, 11) is 0. The van der Waals surface area contributed by atoms with Gasteiger partial charge in [0.15, 0.2) is 0 Å². The van der Waals surface area contributed by atoms with Crippen molar-refractivity contribution in [2.45, 2.75) is 38.5 Å². The highest BCUT2D eigenvalue weighted by molar-refractivity contribution is 5.86. The van der Waals surface area contributed by atoms with Crippen molar-refractivity contribution in [3.8, 4) is 0 Å². The van der Waals surface area contributed by atoms with Gasteiger partial charge in [-0.25, -0.2) is 10.2 Å². The molecule has 3 aliphatic carbocycles. The van der Waals surface area contributed by atoms with Gasteiger partial charge in [0.1, 0.15) is 0 Å². The van der Waals surface area contributed by atoms with Crippen LogP contribution in [0.4, 0.5) is 4.79 Å². The third kappa shape index (κ3) is 2.25. The highest BCUT2D eigenvalue weighted by Crippen LogP contribution is 2.37. The first kappa shape index (κ1) is 9.49. The van der Waals surface area contributed by atoms with Crippen molar-refractivity contribution in [3.63, 3.8) is 0 Å². The molecule has 4 heteroatoms. The molecule has 0 aromatic rings. The molecule has 3 N–H and O–H groups in total. The minimum atomic E-state index is -0.561. The molecule has 0 saturated heterocycles. The van der Waals surface area contributed by atoms with Crippen LogP contribution >= 0.6 is 0 Å². The minimum Gasteiger partial charge on any atom is -0.350 e. The van der Waals surface area contributed by atoms with E-state index in [9.17, 15) is 4.79 Å². The molecule has 0 heterocycles. The number of primary amides is 1. The molecular formula is C10H17N3O. The van der Waals surface area contributed by atoms with Crippen LogP contribution in [0.5, 0.6) is 0 Å². The molecule has 0 radical (unpaired) electrons. The fraction of sp³-hybridized carbons (Fsp3) is 0.800. The lowest BCUT2D eigenvalue weighted by atomic mass is 9.84. The molecule has 2 amide bonds. The van der Waals surface area contributed by atoms with Crippen molar-refractivity contribution in [1.82, 2.24) is 5.43 Å². The van der Waals surface area contributed by atoms with Crippen LogP contribution in [0.3, 0.4) is 0 Å². The van der Waals surface area contributed by atoms with E-state index in [1.807, 2.05) is 0 Å². The fourth-order valence-electron chi connectivity index (χ4n) is 2.61. The largest absolute Gasteiger partial charge is 0.350 e. The normalized spacial score (nSPS) is 31.0. The van der Waals surface area contributed by atoms with Crippen LogP contribution in [0, 0.1) is 11.8 Å². The van der Waals surface area contributed by atoms with E-state index < -0.39 is 6.03 Å².